The van der Waals surface area contributed by atoms with Gasteiger partial charge in [-0.1, -0.05) is 11.8 Å². The van der Waals surface area contributed by atoms with Crippen molar-refractivity contribution in [2.24, 2.45) is 0 Å². The molecule has 1 aliphatic rings. The molecule has 0 aliphatic heterocycles. The Morgan fingerprint density at radius 3 is 2.89 bits per heavy atom. The zero-order valence-corrected chi connectivity index (χ0v) is 12.4. The second kappa shape index (κ2) is 5.88. The summed E-state index contributed by atoms with van der Waals surface area (Å²) in [7, 11) is 0. The van der Waals surface area contributed by atoms with Crippen LogP contribution in [0, 0.1) is 11.3 Å². The van der Waals surface area contributed by atoms with Crippen molar-refractivity contribution in [1.82, 2.24) is 25.5 Å². The Balaban J connectivity index is 1.85. The molecule has 7 heteroatoms. The van der Waals surface area contributed by atoms with Crippen molar-refractivity contribution in [1.29, 1.82) is 5.26 Å². The van der Waals surface area contributed by atoms with Crippen LogP contribution in [-0.2, 0) is 0 Å². The average Bonchev–Trinajstić information content (AvgIpc) is 3.09. The SMILES string of the molecule is CC(C)NC(C)(C#N)CCSc1nnnn1C1CC1. The first kappa shape index (κ1) is 14.3. The third kappa shape index (κ3) is 3.91. The van der Waals surface area contributed by atoms with Crippen molar-refractivity contribution in [2.45, 2.75) is 62.8 Å². The van der Waals surface area contributed by atoms with Crippen LogP contribution in [0.2, 0.25) is 0 Å². The Morgan fingerprint density at radius 1 is 1.58 bits per heavy atom. The van der Waals surface area contributed by atoms with Crippen molar-refractivity contribution in [3.05, 3.63) is 0 Å². The summed E-state index contributed by atoms with van der Waals surface area (Å²) in [6.07, 6.45) is 3.11. The van der Waals surface area contributed by atoms with Crippen molar-refractivity contribution < 1.29 is 0 Å². The molecule has 0 radical (unpaired) electrons. The number of hydrogen-bond acceptors (Lipinski definition) is 6. The van der Waals surface area contributed by atoms with Crippen molar-refractivity contribution in [3.63, 3.8) is 0 Å². The molecule has 0 saturated heterocycles. The highest BCUT2D eigenvalue weighted by Crippen LogP contribution is 2.36. The van der Waals surface area contributed by atoms with Crippen LogP contribution in [0.3, 0.4) is 0 Å². The predicted octanol–water partition coefficient (Wildman–Crippen LogP) is 1.77. The molecule has 1 aromatic heterocycles. The third-order valence-electron chi connectivity index (χ3n) is 3.04. The molecule has 1 heterocycles. The maximum Gasteiger partial charge on any atom is 0.209 e. The lowest BCUT2D eigenvalue weighted by atomic mass is 10.0. The minimum Gasteiger partial charge on any atom is -0.297 e. The number of nitrogens with zero attached hydrogens (tertiary/aromatic N) is 5. The summed E-state index contributed by atoms with van der Waals surface area (Å²) in [4.78, 5) is 0. The fourth-order valence-corrected chi connectivity index (χ4v) is 3.08. The first-order valence-electron chi connectivity index (χ1n) is 6.64. The van der Waals surface area contributed by atoms with Gasteiger partial charge in [0.1, 0.15) is 5.54 Å². The van der Waals surface area contributed by atoms with Crippen molar-refractivity contribution >= 4 is 11.8 Å². The van der Waals surface area contributed by atoms with E-state index in [0.29, 0.717) is 12.1 Å². The fourth-order valence-electron chi connectivity index (χ4n) is 1.97. The fraction of sp³-hybridized carbons (Fsp3) is 0.833. The Kier molecular flexibility index (Phi) is 4.42. The highest BCUT2D eigenvalue weighted by Gasteiger charge is 2.29. The van der Waals surface area contributed by atoms with Gasteiger partial charge in [0, 0.05) is 11.8 Å². The topological polar surface area (TPSA) is 79.4 Å². The summed E-state index contributed by atoms with van der Waals surface area (Å²) in [6.45, 7) is 6.05. The van der Waals surface area contributed by atoms with Crippen LogP contribution in [-0.4, -0.2) is 37.5 Å². The van der Waals surface area contributed by atoms with Crippen molar-refractivity contribution in [2.75, 3.05) is 5.75 Å². The molecule has 0 aromatic carbocycles. The normalized spacial score (nSPS) is 18.3. The molecule has 1 aliphatic carbocycles. The van der Waals surface area contributed by atoms with Crippen LogP contribution in [0.1, 0.15) is 46.1 Å². The third-order valence-corrected chi connectivity index (χ3v) is 3.98. The molecule has 6 nitrogen and oxygen atoms in total. The zero-order valence-electron chi connectivity index (χ0n) is 11.6. The summed E-state index contributed by atoms with van der Waals surface area (Å²) in [6, 6.07) is 3.15. The quantitative estimate of drug-likeness (QED) is 0.767. The van der Waals surface area contributed by atoms with Gasteiger partial charge in [-0.05, 0) is 50.5 Å². The number of nitriles is 1. The van der Waals surface area contributed by atoms with E-state index < -0.39 is 5.54 Å². The van der Waals surface area contributed by atoms with Crippen LogP contribution >= 0.6 is 11.8 Å². The van der Waals surface area contributed by atoms with E-state index in [-0.39, 0.29) is 0 Å². The molecule has 1 N–H and O–H groups in total. The number of nitrogens with one attached hydrogen (secondary N) is 1. The summed E-state index contributed by atoms with van der Waals surface area (Å²) in [5.74, 6) is 0.830. The highest BCUT2D eigenvalue weighted by atomic mass is 32.2. The maximum absolute atomic E-state index is 9.28. The van der Waals surface area contributed by atoms with Gasteiger partial charge in [0.15, 0.2) is 0 Å². The lowest BCUT2D eigenvalue weighted by molar-refractivity contribution is 0.397. The number of rotatable bonds is 7. The molecule has 0 amide bonds. The molecule has 1 saturated carbocycles. The highest BCUT2D eigenvalue weighted by molar-refractivity contribution is 7.99. The number of aromatic nitrogens is 4. The Bertz CT molecular complexity index is 461. The standard InChI is InChI=1S/C12H20N6S/c1-9(2)14-12(3,8-13)6-7-19-11-15-16-17-18(11)10-4-5-10/h9-10,14H,4-7H2,1-3H3. The van der Waals surface area contributed by atoms with Gasteiger partial charge < -0.3 is 0 Å². The molecular weight excluding hydrogens is 260 g/mol. The minimum atomic E-state index is -0.487. The van der Waals surface area contributed by atoms with E-state index in [9.17, 15) is 5.26 Å². The zero-order chi connectivity index (χ0) is 13.9. The lowest BCUT2D eigenvalue weighted by Crippen LogP contribution is -2.45. The van der Waals surface area contributed by atoms with Gasteiger partial charge >= 0.3 is 0 Å². The van der Waals surface area contributed by atoms with E-state index in [1.54, 1.807) is 11.8 Å². The van der Waals surface area contributed by atoms with Gasteiger partial charge in [0.2, 0.25) is 5.16 Å². The van der Waals surface area contributed by atoms with E-state index in [1.807, 2.05) is 11.6 Å². The Hall–Kier alpha value is -1.13. The number of thioether (sulfide) groups is 1. The second-order valence-corrected chi connectivity index (χ2v) is 6.54. The molecular formula is C12H20N6S. The van der Waals surface area contributed by atoms with Gasteiger partial charge in [-0.25, -0.2) is 4.68 Å². The molecule has 19 heavy (non-hydrogen) atoms. The predicted molar refractivity (Wildman–Crippen MR) is 73.7 cm³/mol. The number of tetrazole rings is 1. The average molecular weight is 280 g/mol. The van der Waals surface area contributed by atoms with Gasteiger partial charge in [0.05, 0.1) is 12.1 Å². The Morgan fingerprint density at radius 2 is 2.32 bits per heavy atom. The summed E-state index contributed by atoms with van der Waals surface area (Å²) >= 11 is 1.63. The first-order valence-corrected chi connectivity index (χ1v) is 7.62. The number of hydrogen-bond donors (Lipinski definition) is 1. The summed E-state index contributed by atoms with van der Waals surface area (Å²) < 4.78 is 1.91. The monoisotopic (exact) mass is 280 g/mol. The molecule has 104 valence electrons. The second-order valence-electron chi connectivity index (χ2n) is 5.48. The summed E-state index contributed by atoms with van der Waals surface area (Å²) in [5.41, 5.74) is -0.487. The van der Waals surface area contributed by atoms with Crippen LogP contribution in [0.25, 0.3) is 0 Å². The van der Waals surface area contributed by atoms with Crippen molar-refractivity contribution in [3.8, 4) is 6.07 Å². The first-order chi connectivity index (χ1) is 9.04. The molecule has 0 spiro atoms. The lowest BCUT2D eigenvalue weighted by Gasteiger charge is -2.25. The largest absolute Gasteiger partial charge is 0.297 e. The van der Waals surface area contributed by atoms with E-state index in [2.05, 4.69) is 40.8 Å². The van der Waals surface area contributed by atoms with Crippen LogP contribution in [0.4, 0.5) is 0 Å². The van der Waals surface area contributed by atoms with Crippen LogP contribution in [0.5, 0.6) is 0 Å². The molecule has 2 rings (SSSR count). The smallest absolute Gasteiger partial charge is 0.209 e. The molecule has 1 aromatic rings. The van der Waals surface area contributed by atoms with E-state index in [1.165, 1.54) is 12.8 Å². The van der Waals surface area contributed by atoms with Gasteiger partial charge in [-0.3, -0.25) is 5.32 Å². The Labute approximate surface area is 117 Å². The molecule has 1 atom stereocenters. The van der Waals surface area contributed by atoms with Crippen LogP contribution < -0.4 is 5.32 Å². The van der Waals surface area contributed by atoms with E-state index in [0.717, 1.165) is 17.3 Å². The summed E-state index contributed by atoms with van der Waals surface area (Å²) in [5, 5.41) is 25.2. The minimum absolute atomic E-state index is 0.298. The molecule has 1 fully saturated rings. The molecule has 0 bridgehead atoms. The van der Waals surface area contributed by atoms with Gasteiger partial charge in [0.25, 0.3) is 0 Å². The van der Waals surface area contributed by atoms with Gasteiger partial charge in [-0.2, -0.15) is 5.26 Å². The van der Waals surface area contributed by atoms with Gasteiger partial charge in [-0.15, -0.1) is 5.10 Å². The van der Waals surface area contributed by atoms with E-state index >= 15 is 0 Å². The maximum atomic E-state index is 9.28. The van der Waals surface area contributed by atoms with Crippen LogP contribution in [0.15, 0.2) is 5.16 Å². The van der Waals surface area contributed by atoms with E-state index in [4.69, 9.17) is 0 Å². The molecule has 1 unspecified atom stereocenters.